The summed E-state index contributed by atoms with van der Waals surface area (Å²) in [5.74, 6) is -0.892. The lowest BCUT2D eigenvalue weighted by molar-refractivity contribution is 0.0889. The van der Waals surface area contributed by atoms with Crippen molar-refractivity contribution in [2.24, 2.45) is 0 Å². The summed E-state index contributed by atoms with van der Waals surface area (Å²) >= 11 is 0. The molecule has 3 aromatic carbocycles. The van der Waals surface area contributed by atoms with Gasteiger partial charge in [-0.25, -0.2) is 4.90 Å². The van der Waals surface area contributed by atoms with Crippen LogP contribution in [0, 0.1) is 0 Å². The van der Waals surface area contributed by atoms with Crippen LogP contribution in [0.15, 0.2) is 102 Å². The zero-order chi connectivity index (χ0) is 19.3. The molecule has 1 heterocycles. The molecule has 136 valence electrons. The SMILES string of the molecule is O=C(c1ccccc1)N(C(=O)c1ccccc1)c1cc(-c2ccccc2)no1. The molecule has 28 heavy (non-hydrogen) atoms. The highest BCUT2D eigenvalue weighted by Gasteiger charge is 2.29. The second-order valence-corrected chi connectivity index (χ2v) is 6.09. The average molecular weight is 368 g/mol. The number of benzene rings is 3. The van der Waals surface area contributed by atoms with Gasteiger partial charge in [0.2, 0.25) is 5.88 Å². The van der Waals surface area contributed by atoms with Crippen LogP contribution in [0.2, 0.25) is 0 Å². The van der Waals surface area contributed by atoms with E-state index in [0.717, 1.165) is 10.5 Å². The van der Waals surface area contributed by atoms with Crippen molar-refractivity contribution in [3.63, 3.8) is 0 Å². The Labute approximate surface area is 161 Å². The fraction of sp³-hybridized carbons (Fsp3) is 0. The molecule has 0 saturated heterocycles. The van der Waals surface area contributed by atoms with Gasteiger partial charge in [0.25, 0.3) is 11.8 Å². The van der Waals surface area contributed by atoms with Crippen molar-refractivity contribution in [3.05, 3.63) is 108 Å². The molecule has 0 aliphatic rings. The van der Waals surface area contributed by atoms with E-state index in [1.807, 2.05) is 42.5 Å². The minimum atomic E-state index is -0.481. The number of carbonyl (C=O) groups excluding carboxylic acids is 2. The van der Waals surface area contributed by atoms with E-state index in [1.165, 1.54) is 0 Å². The molecule has 0 bridgehead atoms. The smallest absolute Gasteiger partial charge is 0.267 e. The zero-order valence-electron chi connectivity index (χ0n) is 14.9. The Morgan fingerprint density at radius 1 is 0.679 bits per heavy atom. The predicted molar refractivity (Wildman–Crippen MR) is 106 cm³/mol. The van der Waals surface area contributed by atoms with Crippen LogP contribution in [-0.4, -0.2) is 17.0 Å². The molecular formula is C23H16N2O3. The number of hydrogen-bond donors (Lipinski definition) is 0. The Balaban J connectivity index is 1.76. The lowest BCUT2D eigenvalue weighted by atomic mass is 10.1. The van der Waals surface area contributed by atoms with Crippen LogP contribution in [0.4, 0.5) is 5.88 Å². The highest BCUT2D eigenvalue weighted by molar-refractivity contribution is 6.25. The summed E-state index contributed by atoms with van der Waals surface area (Å²) in [5.41, 5.74) is 2.13. The van der Waals surface area contributed by atoms with Crippen LogP contribution in [-0.2, 0) is 0 Å². The fourth-order valence-electron chi connectivity index (χ4n) is 2.83. The first-order chi connectivity index (χ1) is 13.7. The van der Waals surface area contributed by atoms with Crippen molar-refractivity contribution >= 4 is 17.7 Å². The molecule has 4 aromatic rings. The third-order valence-electron chi connectivity index (χ3n) is 4.24. The Morgan fingerprint density at radius 3 is 1.64 bits per heavy atom. The number of hydrogen-bond acceptors (Lipinski definition) is 4. The molecular weight excluding hydrogens is 352 g/mol. The maximum atomic E-state index is 13.1. The third-order valence-corrected chi connectivity index (χ3v) is 4.24. The molecule has 0 saturated carbocycles. The summed E-state index contributed by atoms with van der Waals surface area (Å²) in [5, 5.41) is 4.04. The molecule has 5 nitrogen and oxygen atoms in total. The number of aromatic nitrogens is 1. The van der Waals surface area contributed by atoms with Gasteiger partial charge in [-0.2, -0.15) is 0 Å². The monoisotopic (exact) mass is 368 g/mol. The van der Waals surface area contributed by atoms with Crippen molar-refractivity contribution < 1.29 is 14.1 Å². The molecule has 0 spiro atoms. The molecule has 0 aliphatic heterocycles. The maximum Gasteiger partial charge on any atom is 0.267 e. The van der Waals surface area contributed by atoms with Crippen molar-refractivity contribution in [1.82, 2.24) is 5.16 Å². The summed E-state index contributed by atoms with van der Waals surface area (Å²) in [4.78, 5) is 27.3. The lowest BCUT2D eigenvalue weighted by Crippen LogP contribution is -2.36. The number of carbonyl (C=O) groups is 2. The van der Waals surface area contributed by atoms with E-state index in [0.29, 0.717) is 16.8 Å². The standard InChI is InChI=1S/C23H16N2O3/c26-22(18-12-6-2-7-13-18)25(23(27)19-14-8-3-9-15-19)21-16-20(24-28-21)17-10-4-1-5-11-17/h1-16H. The zero-order valence-corrected chi connectivity index (χ0v) is 14.9. The molecule has 5 heteroatoms. The maximum absolute atomic E-state index is 13.1. The summed E-state index contributed by atoms with van der Waals surface area (Å²) in [7, 11) is 0. The van der Waals surface area contributed by atoms with E-state index in [1.54, 1.807) is 54.6 Å². The Hall–Kier alpha value is -3.99. The number of rotatable bonds is 4. The quantitative estimate of drug-likeness (QED) is 0.484. The van der Waals surface area contributed by atoms with E-state index >= 15 is 0 Å². The summed E-state index contributed by atoms with van der Waals surface area (Å²) in [6, 6.07) is 28.2. The molecule has 0 atom stereocenters. The molecule has 1 aromatic heterocycles. The second kappa shape index (κ2) is 7.72. The average Bonchev–Trinajstić information content (AvgIpc) is 3.25. The predicted octanol–water partition coefficient (Wildman–Crippen LogP) is 4.83. The van der Waals surface area contributed by atoms with Crippen molar-refractivity contribution in [2.75, 3.05) is 4.90 Å². The minimum absolute atomic E-state index is 0.0709. The third kappa shape index (κ3) is 3.46. The van der Waals surface area contributed by atoms with Gasteiger partial charge in [0.1, 0.15) is 5.69 Å². The first-order valence-corrected chi connectivity index (χ1v) is 8.75. The van der Waals surface area contributed by atoms with Gasteiger partial charge < -0.3 is 4.52 Å². The van der Waals surface area contributed by atoms with Crippen LogP contribution in [0.25, 0.3) is 11.3 Å². The number of amides is 2. The highest BCUT2D eigenvalue weighted by atomic mass is 16.5. The van der Waals surface area contributed by atoms with Crippen LogP contribution in [0.5, 0.6) is 0 Å². The van der Waals surface area contributed by atoms with E-state index < -0.39 is 11.8 Å². The summed E-state index contributed by atoms with van der Waals surface area (Å²) in [6.45, 7) is 0. The molecule has 0 unspecified atom stereocenters. The molecule has 2 amide bonds. The molecule has 0 radical (unpaired) electrons. The van der Waals surface area contributed by atoms with Gasteiger partial charge in [-0.05, 0) is 24.3 Å². The van der Waals surface area contributed by atoms with Gasteiger partial charge in [0.15, 0.2) is 0 Å². The van der Waals surface area contributed by atoms with Crippen molar-refractivity contribution in [2.45, 2.75) is 0 Å². The van der Waals surface area contributed by atoms with Crippen molar-refractivity contribution in [1.29, 1.82) is 0 Å². The van der Waals surface area contributed by atoms with Crippen LogP contribution in [0.1, 0.15) is 20.7 Å². The van der Waals surface area contributed by atoms with Crippen LogP contribution >= 0.6 is 0 Å². The van der Waals surface area contributed by atoms with Gasteiger partial charge in [-0.15, -0.1) is 0 Å². The fourth-order valence-corrected chi connectivity index (χ4v) is 2.83. The van der Waals surface area contributed by atoms with Gasteiger partial charge >= 0.3 is 0 Å². The first kappa shape index (κ1) is 17.4. The van der Waals surface area contributed by atoms with E-state index in [4.69, 9.17) is 4.52 Å². The largest absolute Gasteiger partial charge is 0.337 e. The highest BCUT2D eigenvalue weighted by Crippen LogP contribution is 2.26. The minimum Gasteiger partial charge on any atom is -0.337 e. The van der Waals surface area contributed by atoms with Gasteiger partial charge in [-0.3, -0.25) is 9.59 Å². The van der Waals surface area contributed by atoms with E-state index in [-0.39, 0.29) is 5.88 Å². The van der Waals surface area contributed by atoms with Gasteiger partial charge in [-0.1, -0.05) is 71.9 Å². The van der Waals surface area contributed by atoms with Gasteiger partial charge in [0, 0.05) is 22.8 Å². The van der Waals surface area contributed by atoms with E-state index in [9.17, 15) is 9.59 Å². The number of imide groups is 1. The normalized spacial score (nSPS) is 10.4. The summed E-state index contributed by atoms with van der Waals surface area (Å²) in [6.07, 6.45) is 0. The van der Waals surface area contributed by atoms with Crippen molar-refractivity contribution in [3.8, 4) is 11.3 Å². The van der Waals surface area contributed by atoms with E-state index in [2.05, 4.69) is 5.16 Å². The Kier molecular flexibility index (Phi) is 4.80. The first-order valence-electron chi connectivity index (χ1n) is 8.75. The van der Waals surface area contributed by atoms with Crippen LogP contribution in [0.3, 0.4) is 0 Å². The molecule has 4 rings (SSSR count). The number of anilines is 1. The summed E-state index contributed by atoms with van der Waals surface area (Å²) < 4.78 is 5.40. The van der Waals surface area contributed by atoms with Gasteiger partial charge in [0.05, 0.1) is 0 Å². The molecule has 0 aliphatic carbocycles. The van der Waals surface area contributed by atoms with Crippen LogP contribution < -0.4 is 4.90 Å². The second-order valence-electron chi connectivity index (χ2n) is 6.09. The topological polar surface area (TPSA) is 63.4 Å². The number of nitrogens with zero attached hydrogens (tertiary/aromatic N) is 2. The molecule has 0 fully saturated rings. The lowest BCUT2D eigenvalue weighted by Gasteiger charge is -2.17. The molecule has 0 N–H and O–H groups in total. The Morgan fingerprint density at radius 2 is 1.14 bits per heavy atom. The Bertz CT molecular complexity index is 1040.